The smallest absolute Gasteiger partial charge is 0.251 e. The fourth-order valence-corrected chi connectivity index (χ4v) is 3.63. The molecule has 3 heterocycles. The summed E-state index contributed by atoms with van der Waals surface area (Å²) in [6.45, 7) is 11.8. The third kappa shape index (κ3) is 4.28. The molecule has 142 valence electrons. The van der Waals surface area contributed by atoms with E-state index < -0.39 is 0 Å². The Morgan fingerprint density at radius 3 is 2.30 bits per heavy atom. The van der Waals surface area contributed by atoms with Gasteiger partial charge in [0.15, 0.2) is 0 Å². The van der Waals surface area contributed by atoms with Crippen LogP contribution in [0.5, 0.6) is 0 Å². The van der Waals surface area contributed by atoms with Crippen molar-refractivity contribution >= 4 is 0 Å². The van der Waals surface area contributed by atoms with Crippen molar-refractivity contribution in [3.8, 4) is 11.5 Å². The molecule has 1 aliphatic rings. The Bertz CT molecular complexity index is 907. The molecule has 6 nitrogen and oxygen atoms in total. The summed E-state index contributed by atoms with van der Waals surface area (Å²) in [5.74, 6) is 2.87. The summed E-state index contributed by atoms with van der Waals surface area (Å²) in [7, 11) is 0. The maximum absolute atomic E-state index is 5.86. The van der Waals surface area contributed by atoms with Crippen LogP contribution in [0.2, 0.25) is 0 Å². The van der Waals surface area contributed by atoms with Gasteiger partial charge >= 0.3 is 0 Å². The lowest BCUT2D eigenvalue weighted by Gasteiger charge is -2.34. The lowest BCUT2D eigenvalue weighted by Crippen LogP contribution is -2.45. The van der Waals surface area contributed by atoms with E-state index in [4.69, 9.17) is 8.83 Å². The van der Waals surface area contributed by atoms with Crippen LogP contribution < -0.4 is 0 Å². The number of piperazine rings is 1. The summed E-state index contributed by atoms with van der Waals surface area (Å²) in [6, 6.07) is 10.7. The highest BCUT2D eigenvalue weighted by atomic mass is 16.4. The number of hydrogen-bond acceptors (Lipinski definition) is 6. The Kier molecular flexibility index (Phi) is 5.09. The van der Waals surface area contributed by atoms with Crippen LogP contribution >= 0.6 is 0 Å². The first-order chi connectivity index (χ1) is 13.1. The van der Waals surface area contributed by atoms with E-state index in [9.17, 15) is 0 Å². The van der Waals surface area contributed by atoms with E-state index in [2.05, 4.69) is 51.2 Å². The largest absolute Gasteiger partial charge is 0.466 e. The molecule has 1 aromatic carbocycles. The zero-order valence-corrected chi connectivity index (χ0v) is 16.2. The van der Waals surface area contributed by atoms with Crippen LogP contribution in [0, 0.1) is 20.8 Å². The fraction of sp³-hybridized carbons (Fsp3) is 0.429. The van der Waals surface area contributed by atoms with Crippen LogP contribution in [0.25, 0.3) is 11.5 Å². The van der Waals surface area contributed by atoms with E-state index in [1.165, 1.54) is 11.1 Å². The molecule has 0 unspecified atom stereocenters. The van der Waals surface area contributed by atoms with Crippen LogP contribution in [0.15, 0.2) is 39.2 Å². The monoisotopic (exact) mass is 366 g/mol. The Labute approximate surface area is 159 Å². The molecular formula is C21H26N4O2. The molecule has 0 aliphatic carbocycles. The van der Waals surface area contributed by atoms with Gasteiger partial charge in [-0.2, -0.15) is 0 Å². The van der Waals surface area contributed by atoms with Crippen LogP contribution in [-0.2, 0) is 13.1 Å². The molecular weight excluding hydrogens is 340 g/mol. The molecule has 0 bridgehead atoms. The number of aryl methyl sites for hydroxylation is 3. The Balaban J connectivity index is 1.31. The molecule has 0 saturated carbocycles. The van der Waals surface area contributed by atoms with E-state index in [0.717, 1.165) is 49.8 Å². The van der Waals surface area contributed by atoms with Crippen molar-refractivity contribution in [3.05, 3.63) is 58.9 Å². The van der Waals surface area contributed by atoms with Gasteiger partial charge in [0.05, 0.1) is 12.1 Å². The Morgan fingerprint density at radius 2 is 1.63 bits per heavy atom. The van der Waals surface area contributed by atoms with Crippen LogP contribution in [0.1, 0.15) is 28.5 Å². The van der Waals surface area contributed by atoms with Crippen molar-refractivity contribution in [2.45, 2.75) is 33.9 Å². The van der Waals surface area contributed by atoms with E-state index in [-0.39, 0.29) is 0 Å². The topological polar surface area (TPSA) is 58.5 Å². The van der Waals surface area contributed by atoms with Crippen molar-refractivity contribution in [1.82, 2.24) is 20.0 Å². The zero-order valence-electron chi connectivity index (χ0n) is 16.2. The summed E-state index contributed by atoms with van der Waals surface area (Å²) >= 11 is 0. The highest BCUT2D eigenvalue weighted by Gasteiger charge is 2.20. The SMILES string of the molecule is Cc1cccc(CN2CCN(Cc3nnc(-c4cc(C)oc4C)o3)CC2)c1. The average molecular weight is 366 g/mol. The summed E-state index contributed by atoms with van der Waals surface area (Å²) < 4.78 is 11.4. The standard InChI is InChI=1S/C21H26N4O2/c1-15-5-4-6-18(11-15)13-24-7-9-25(10-8-24)14-20-22-23-21(27-20)19-12-16(2)26-17(19)3/h4-6,11-12H,7-10,13-14H2,1-3H3. The van der Waals surface area contributed by atoms with Crippen LogP contribution in [-0.4, -0.2) is 46.2 Å². The van der Waals surface area contributed by atoms with Gasteiger partial charge in [0.1, 0.15) is 11.5 Å². The van der Waals surface area contributed by atoms with E-state index in [1.54, 1.807) is 0 Å². The first-order valence-electron chi connectivity index (χ1n) is 9.47. The average Bonchev–Trinajstić information content (AvgIpc) is 3.22. The van der Waals surface area contributed by atoms with Gasteiger partial charge in [-0.3, -0.25) is 9.80 Å². The fourth-order valence-electron chi connectivity index (χ4n) is 3.63. The van der Waals surface area contributed by atoms with Gasteiger partial charge in [0, 0.05) is 32.7 Å². The van der Waals surface area contributed by atoms with Gasteiger partial charge in [0.25, 0.3) is 5.89 Å². The molecule has 6 heteroatoms. The summed E-state index contributed by atoms with van der Waals surface area (Å²) in [6.07, 6.45) is 0. The second-order valence-corrected chi connectivity index (χ2v) is 7.37. The minimum absolute atomic E-state index is 0.539. The van der Waals surface area contributed by atoms with Crippen molar-refractivity contribution in [2.75, 3.05) is 26.2 Å². The van der Waals surface area contributed by atoms with Crippen molar-refractivity contribution in [1.29, 1.82) is 0 Å². The molecule has 4 rings (SSSR count). The Morgan fingerprint density at radius 1 is 0.889 bits per heavy atom. The molecule has 2 aromatic heterocycles. The number of hydrogen-bond donors (Lipinski definition) is 0. The zero-order chi connectivity index (χ0) is 18.8. The lowest BCUT2D eigenvalue weighted by atomic mass is 10.1. The molecule has 1 saturated heterocycles. The van der Waals surface area contributed by atoms with Crippen LogP contribution in [0.3, 0.4) is 0 Å². The molecule has 3 aromatic rings. The van der Waals surface area contributed by atoms with Gasteiger partial charge in [-0.15, -0.1) is 10.2 Å². The van der Waals surface area contributed by atoms with Gasteiger partial charge in [-0.1, -0.05) is 29.8 Å². The molecule has 0 atom stereocenters. The molecule has 1 fully saturated rings. The molecule has 0 amide bonds. The normalized spacial score (nSPS) is 16.1. The summed E-state index contributed by atoms with van der Waals surface area (Å²) in [5.41, 5.74) is 3.59. The Hall–Kier alpha value is -2.44. The number of furan rings is 1. The minimum atomic E-state index is 0.539. The third-order valence-corrected chi connectivity index (χ3v) is 5.05. The summed E-state index contributed by atoms with van der Waals surface area (Å²) in [5, 5.41) is 8.41. The predicted octanol–water partition coefficient (Wildman–Crippen LogP) is 3.57. The second kappa shape index (κ2) is 7.66. The van der Waals surface area contributed by atoms with E-state index in [1.807, 2.05) is 19.9 Å². The van der Waals surface area contributed by atoms with E-state index in [0.29, 0.717) is 18.3 Å². The van der Waals surface area contributed by atoms with Gasteiger partial charge in [0.2, 0.25) is 5.89 Å². The third-order valence-electron chi connectivity index (χ3n) is 5.05. The first kappa shape index (κ1) is 17.9. The van der Waals surface area contributed by atoms with E-state index >= 15 is 0 Å². The second-order valence-electron chi connectivity index (χ2n) is 7.37. The molecule has 0 spiro atoms. The number of rotatable bonds is 5. The number of nitrogens with zero attached hydrogens (tertiary/aromatic N) is 4. The van der Waals surface area contributed by atoms with Crippen molar-refractivity contribution in [3.63, 3.8) is 0 Å². The number of aromatic nitrogens is 2. The quantitative estimate of drug-likeness (QED) is 0.688. The van der Waals surface area contributed by atoms with Gasteiger partial charge in [-0.25, -0.2) is 0 Å². The maximum atomic E-state index is 5.86. The maximum Gasteiger partial charge on any atom is 0.251 e. The molecule has 1 aliphatic heterocycles. The molecule has 27 heavy (non-hydrogen) atoms. The molecule has 0 N–H and O–H groups in total. The van der Waals surface area contributed by atoms with Crippen molar-refractivity contribution < 1.29 is 8.83 Å². The van der Waals surface area contributed by atoms with Crippen molar-refractivity contribution in [2.24, 2.45) is 0 Å². The van der Waals surface area contributed by atoms with Gasteiger partial charge < -0.3 is 8.83 Å². The first-order valence-corrected chi connectivity index (χ1v) is 9.47. The minimum Gasteiger partial charge on any atom is -0.466 e. The predicted molar refractivity (Wildman–Crippen MR) is 103 cm³/mol. The van der Waals surface area contributed by atoms with Gasteiger partial charge in [-0.05, 0) is 32.4 Å². The lowest BCUT2D eigenvalue weighted by molar-refractivity contribution is 0.114. The molecule has 0 radical (unpaired) electrons. The number of benzene rings is 1. The van der Waals surface area contributed by atoms with Crippen LogP contribution in [0.4, 0.5) is 0 Å². The highest BCUT2D eigenvalue weighted by molar-refractivity contribution is 5.55. The summed E-state index contributed by atoms with van der Waals surface area (Å²) in [4.78, 5) is 4.87. The highest BCUT2D eigenvalue weighted by Crippen LogP contribution is 2.25.